The normalized spacial score (nSPS) is 22.3. The predicted octanol–water partition coefficient (Wildman–Crippen LogP) is 0.482. The van der Waals surface area contributed by atoms with Crippen LogP contribution < -0.4 is 16.0 Å². The van der Waals surface area contributed by atoms with Gasteiger partial charge in [-0.1, -0.05) is 23.7 Å². The first-order chi connectivity index (χ1) is 16.7. The van der Waals surface area contributed by atoms with Crippen LogP contribution in [0.25, 0.3) is 0 Å². The zero-order valence-corrected chi connectivity index (χ0v) is 21.3. The molecule has 11 nitrogen and oxygen atoms in total. The van der Waals surface area contributed by atoms with Crippen LogP contribution in [0.4, 0.5) is 11.9 Å². The van der Waals surface area contributed by atoms with Crippen molar-refractivity contribution in [3.05, 3.63) is 34.9 Å². The van der Waals surface area contributed by atoms with E-state index in [1.807, 2.05) is 24.3 Å². The third kappa shape index (κ3) is 7.06. The Morgan fingerprint density at radius 2 is 2.00 bits per heavy atom. The molecule has 3 heterocycles. The number of carbonyl (C=O) groups excluding carboxylic acids is 1. The smallest absolute Gasteiger partial charge is 0.250 e. The summed E-state index contributed by atoms with van der Waals surface area (Å²) in [6.07, 6.45) is 3.04. The van der Waals surface area contributed by atoms with Gasteiger partial charge in [-0.2, -0.15) is 4.98 Å². The number of amides is 1. The fourth-order valence-electron chi connectivity index (χ4n) is 4.67. The molecular formula is C22H32ClN7O4S. The maximum Gasteiger partial charge on any atom is 0.250 e. The highest BCUT2D eigenvalue weighted by Gasteiger charge is 2.38. The van der Waals surface area contributed by atoms with E-state index in [0.29, 0.717) is 30.1 Å². The van der Waals surface area contributed by atoms with E-state index in [1.54, 1.807) is 0 Å². The molecule has 0 unspecified atom stereocenters. The van der Waals surface area contributed by atoms with E-state index in [2.05, 4.69) is 30.3 Å². The quantitative estimate of drug-likeness (QED) is 0.447. The van der Waals surface area contributed by atoms with Gasteiger partial charge in [-0.25, -0.2) is 13.5 Å². The number of anilines is 2. The molecule has 2 saturated heterocycles. The molecule has 4 N–H and O–H groups in total. The number of hydrogen-bond donors (Lipinski definition) is 3. The van der Waals surface area contributed by atoms with Gasteiger partial charge in [-0.3, -0.25) is 9.69 Å². The summed E-state index contributed by atoms with van der Waals surface area (Å²) in [7, 11) is -3.15. The zero-order valence-electron chi connectivity index (χ0n) is 19.7. The van der Waals surface area contributed by atoms with E-state index in [-0.39, 0.29) is 30.3 Å². The number of halogens is 1. The van der Waals surface area contributed by atoms with Crippen LogP contribution in [0, 0.1) is 0 Å². The van der Waals surface area contributed by atoms with Crippen molar-refractivity contribution < 1.29 is 17.9 Å². The molecule has 0 bridgehead atoms. The lowest BCUT2D eigenvalue weighted by Crippen LogP contribution is -2.60. The molecular weight excluding hydrogens is 494 g/mol. The molecule has 0 aliphatic carbocycles. The monoisotopic (exact) mass is 525 g/mol. The second-order valence-corrected chi connectivity index (χ2v) is 11.9. The first kappa shape index (κ1) is 25.7. The molecule has 2 aromatic rings. The third-order valence-corrected chi connectivity index (χ3v) is 7.69. The standard InChI is InChI=1S/C22H32ClN7O4S/c1-35(32,33)11-8-25-20(31)19-13-30(18(14-34-19)12-15-2-4-16(23)5-3-15)17-6-9-29(10-7-17)22-26-21(24)27-28-22/h2-5,17-19H,6-14H2,1H3,(H,25,31)(H3,24,26,27,28)/t18-,19+/m0/s1. The highest BCUT2D eigenvalue weighted by Crippen LogP contribution is 2.27. The number of hydrogen-bond acceptors (Lipinski definition) is 9. The van der Waals surface area contributed by atoms with Crippen molar-refractivity contribution in [2.75, 3.05) is 55.4 Å². The van der Waals surface area contributed by atoms with E-state index in [1.165, 1.54) is 0 Å². The van der Waals surface area contributed by atoms with Gasteiger partial charge >= 0.3 is 0 Å². The lowest BCUT2D eigenvalue weighted by Gasteiger charge is -2.46. The molecule has 2 aliphatic rings. The number of aromatic amines is 1. The second-order valence-electron chi connectivity index (χ2n) is 9.16. The van der Waals surface area contributed by atoms with Crippen molar-refractivity contribution in [2.45, 2.75) is 37.5 Å². The molecule has 0 spiro atoms. The minimum Gasteiger partial charge on any atom is -0.368 e. The maximum absolute atomic E-state index is 12.7. The Hall–Kier alpha value is -2.41. The van der Waals surface area contributed by atoms with Gasteiger partial charge in [0, 0.05) is 49.5 Å². The maximum atomic E-state index is 12.7. The Balaban J connectivity index is 1.42. The Morgan fingerprint density at radius 3 is 2.63 bits per heavy atom. The Labute approximate surface area is 210 Å². The number of benzene rings is 1. The third-order valence-electron chi connectivity index (χ3n) is 6.49. The van der Waals surface area contributed by atoms with Crippen LogP contribution in [0.2, 0.25) is 5.02 Å². The van der Waals surface area contributed by atoms with Crippen LogP contribution in [-0.4, -0.2) is 97.4 Å². The molecule has 13 heteroatoms. The summed E-state index contributed by atoms with van der Waals surface area (Å²) < 4.78 is 28.8. The van der Waals surface area contributed by atoms with Crippen LogP contribution in [0.5, 0.6) is 0 Å². The number of nitrogens with one attached hydrogen (secondary N) is 2. The van der Waals surface area contributed by atoms with E-state index in [0.717, 1.165) is 44.2 Å². The van der Waals surface area contributed by atoms with Crippen molar-refractivity contribution in [3.8, 4) is 0 Å². The van der Waals surface area contributed by atoms with Gasteiger partial charge < -0.3 is 20.7 Å². The molecule has 0 radical (unpaired) electrons. The number of carbonyl (C=O) groups is 1. The van der Waals surface area contributed by atoms with Crippen LogP contribution in [-0.2, 0) is 25.8 Å². The summed E-state index contributed by atoms with van der Waals surface area (Å²) in [6.45, 7) is 2.48. The number of H-pyrrole nitrogens is 1. The minimum atomic E-state index is -3.15. The Bertz CT molecular complexity index is 1100. The van der Waals surface area contributed by atoms with Crippen molar-refractivity contribution >= 4 is 39.2 Å². The number of nitrogens with zero attached hydrogens (tertiary/aromatic N) is 4. The second kappa shape index (κ2) is 11.1. The first-order valence-electron chi connectivity index (χ1n) is 11.7. The fraction of sp³-hybridized carbons (Fsp3) is 0.591. The van der Waals surface area contributed by atoms with Gasteiger partial charge in [0.05, 0.1) is 12.4 Å². The van der Waals surface area contributed by atoms with Crippen LogP contribution in [0.3, 0.4) is 0 Å². The van der Waals surface area contributed by atoms with Gasteiger partial charge in [0.25, 0.3) is 5.91 Å². The van der Waals surface area contributed by atoms with Crippen LogP contribution in [0.1, 0.15) is 18.4 Å². The molecule has 1 aromatic heterocycles. The number of morpholine rings is 1. The summed E-state index contributed by atoms with van der Waals surface area (Å²) in [6, 6.07) is 8.15. The molecule has 192 valence electrons. The lowest BCUT2D eigenvalue weighted by atomic mass is 9.96. The largest absolute Gasteiger partial charge is 0.368 e. The molecule has 1 amide bonds. The van der Waals surface area contributed by atoms with Gasteiger partial charge in [0.1, 0.15) is 15.9 Å². The van der Waals surface area contributed by atoms with Gasteiger partial charge in [-0.05, 0) is 37.0 Å². The topological polar surface area (TPSA) is 147 Å². The molecule has 0 saturated carbocycles. The number of aromatic nitrogens is 3. The molecule has 2 aliphatic heterocycles. The van der Waals surface area contributed by atoms with E-state index in [9.17, 15) is 13.2 Å². The van der Waals surface area contributed by atoms with E-state index in [4.69, 9.17) is 22.1 Å². The summed E-state index contributed by atoms with van der Waals surface area (Å²) >= 11 is 6.05. The predicted molar refractivity (Wildman–Crippen MR) is 134 cm³/mol. The highest BCUT2D eigenvalue weighted by molar-refractivity contribution is 7.90. The molecule has 35 heavy (non-hydrogen) atoms. The highest BCUT2D eigenvalue weighted by atomic mass is 35.5. The number of ether oxygens (including phenoxy) is 1. The summed E-state index contributed by atoms with van der Waals surface area (Å²) in [5.41, 5.74) is 6.83. The van der Waals surface area contributed by atoms with E-state index >= 15 is 0 Å². The Kier molecular flexibility index (Phi) is 8.15. The lowest BCUT2D eigenvalue weighted by molar-refractivity contribution is -0.144. The van der Waals surface area contributed by atoms with Crippen molar-refractivity contribution in [3.63, 3.8) is 0 Å². The summed E-state index contributed by atoms with van der Waals surface area (Å²) in [5.74, 6) is 0.516. The first-order valence-corrected chi connectivity index (χ1v) is 14.1. The average Bonchev–Trinajstić information content (AvgIpc) is 3.26. The van der Waals surface area contributed by atoms with Crippen molar-refractivity contribution in [1.82, 2.24) is 25.4 Å². The summed E-state index contributed by atoms with van der Waals surface area (Å²) in [5, 5.41) is 10.2. The van der Waals surface area contributed by atoms with Crippen molar-refractivity contribution in [2.24, 2.45) is 0 Å². The fourth-order valence-corrected chi connectivity index (χ4v) is 5.27. The van der Waals surface area contributed by atoms with Crippen LogP contribution in [0.15, 0.2) is 24.3 Å². The van der Waals surface area contributed by atoms with Gasteiger partial charge in [0.2, 0.25) is 11.9 Å². The summed E-state index contributed by atoms with van der Waals surface area (Å²) in [4.78, 5) is 21.5. The average molecular weight is 526 g/mol. The SMILES string of the molecule is CS(=O)(=O)CCNC(=O)[C@H]1CN(C2CCN(c3n[nH]c(N)n3)CC2)[C@@H](Cc2ccc(Cl)cc2)CO1. The molecule has 1 aromatic carbocycles. The number of nitrogens with two attached hydrogens (primary N) is 1. The Morgan fingerprint density at radius 1 is 1.29 bits per heavy atom. The molecule has 4 rings (SSSR count). The molecule has 2 fully saturated rings. The molecule has 2 atom stereocenters. The number of nitrogen functional groups attached to an aromatic ring is 1. The minimum absolute atomic E-state index is 0.0733. The van der Waals surface area contributed by atoms with Gasteiger partial charge in [-0.15, -0.1) is 5.10 Å². The number of rotatable bonds is 8. The number of sulfone groups is 1. The van der Waals surface area contributed by atoms with E-state index < -0.39 is 15.9 Å². The zero-order chi connectivity index (χ0) is 25.0. The van der Waals surface area contributed by atoms with Gasteiger partial charge in [0.15, 0.2) is 0 Å². The van der Waals surface area contributed by atoms with Crippen molar-refractivity contribution in [1.29, 1.82) is 0 Å². The van der Waals surface area contributed by atoms with Crippen LogP contribution >= 0.6 is 11.6 Å². The number of piperidine rings is 1.